The number of benzene rings is 1. The Morgan fingerprint density at radius 3 is 2.47 bits per heavy atom. The molecule has 5 aliphatic heterocycles. The molecule has 2 aromatic rings. The zero-order valence-electron chi connectivity index (χ0n) is 37.1. The van der Waals surface area contributed by atoms with Gasteiger partial charge in [0.05, 0.1) is 29.3 Å². The van der Waals surface area contributed by atoms with Crippen molar-refractivity contribution in [3.8, 4) is 0 Å². The Kier molecular flexibility index (Phi) is 10.0. The van der Waals surface area contributed by atoms with E-state index in [-0.39, 0.29) is 30.2 Å². The van der Waals surface area contributed by atoms with Gasteiger partial charge < -0.3 is 39.1 Å². The third-order valence-electron chi connectivity index (χ3n) is 18.8. The number of Topliss-reactive ketones (excluding diaryl/α,β-unsaturated/α-hetero) is 1. The van der Waals surface area contributed by atoms with Crippen LogP contribution in [0, 0.1) is 45.3 Å². The number of rotatable bonds is 11. The molecule has 3 N–H and O–H groups in total. The van der Waals surface area contributed by atoms with Crippen molar-refractivity contribution in [3.05, 3.63) is 59.5 Å². The number of ether oxygens (including phenoxy) is 4. The molecule has 1 aromatic carbocycles. The second-order valence-electron chi connectivity index (χ2n) is 22.1. The number of aliphatic hydroxyl groups excluding tert-OH is 1. The summed E-state index contributed by atoms with van der Waals surface area (Å²) in [6, 6.07) is 13.2. The molecule has 11 heteroatoms. The number of fused-ring (bicyclic) bond motifs is 2. The van der Waals surface area contributed by atoms with Crippen LogP contribution in [0.4, 0.5) is 0 Å². The van der Waals surface area contributed by atoms with Crippen LogP contribution < -0.4 is 10.6 Å². The number of cyclic esters (lactones) is 2. The first-order valence-electron chi connectivity index (χ1n) is 24.4. The maximum absolute atomic E-state index is 15.8. The molecule has 9 fully saturated rings. The smallest absolute Gasteiger partial charge is 0.339 e. The number of furan rings is 1. The molecule has 0 amide bonds. The highest BCUT2D eigenvalue weighted by atomic mass is 16.7. The number of aliphatic hydroxyl groups is 1. The second-order valence-corrected chi connectivity index (χ2v) is 22.1. The van der Waals surface area contributed by atoms with Gasteiger partial charge in [-0.3, -0.25) is 9.59 Å². The summed E-state index contributed by atoms with van der Waals surface area (Å²) in [6.45, 7) is 8.18. The van der Waals surface area contributed by atoms with E-state index in [0.29, 0.717) is 37.6 Å². The van der Waals surface area contributed by atoms with Gasteiger partial charge in [-0.15, -0.1) is 0 Å². The van der Waals surface area contributed by atoms with Gasteiger partial charge in [0.2, 0.25) is 0 Å². The summed E-state index contributed by atoms with van der Waals surface area (Å²) >= 11 is 0. The zero-order chi connectivity index (χ0) is 42.7. The van der Waals surface area contributed by atoms with E-state index in [9.17, 15) is 14.7 Å². The van der Waals surface area contributed by atoms with E-state index in [4.69, 9.17) is 23.4 Å². The first-order valence-corrected chi connectivity index (χ1v) is 24.4. The number of carbonyl (C=O) groups is 3. The maximum Gasteiger partial charge on any atom is 0.339 e. The van der Waals surface area contributed by atoms with Crippen molar-refractivity contribution in [1.29, 1.82) is 0 Å². The van der Waals surface area contributed by atoms with Gasteiger partial charge in [0.25, 0.3) is 0 Å². The molecule has 62 heavy (non-hydrogen) atoms. The number of aryl methyl sites for hydroxylation is 1. The number of esters is 2. The average Bonchev–Trinajstić information content (AvgIpc) is 3.74. The number of unbranched alkanes of at least 4 members (excludes halogenated alkanes) is 3. The van der Waals surface area contributed by atoms with Crippen molar-refractivity contribution in [1.82, 2.24) is 10.6 Å². The number of nitrogens with one attached hydrogen (secondary N) is 2. The minimum Gasteiger partial charge on any atom is -0.469 e. The van der Waals surface area contributed by atoms with Gasteiger partial charge in [0, 0.05) is 47.5 Å². The fourth-order valence-corrected chi connectivity index (χ4v) is 16.6. The van der Waals surface area contributed by atoms with Gasteiger partial charge in [0.1, 0.15) is 30.2 Å². The van der Waals surface area contributed by atoms with Crippen LogP contribution in [-0.4, -0.2) is 78.2 Å². The van der Waals surface area contributed by atoms with Crippen LogP contribution in [0.1, 0.15) is 140 Å². The van der Waals surface area contributed by atoms with Gasteiger partial charge in [-0.05, 0) is 101 Å². The highest BCUT2D eigenvalue weighted by molar-refractivity contribution is 5.93. The molecule has 0 radical (unpaired) electrons. The normalized spacial score (nSPS) is 43.5. The topological polar surface area (TPSA) is 149 Å². The molecule has 5 saturated heterocycles. The monoisotopic (exact) mass is 852 g/mol. The molecule has 0 bridgehead atoms. The Balaban J connectivity index is 1.01. The summed E-state index contributed by atoms with van der Waals surface area (Å²) in [6.07, 6.45) is 13.4. The molecule has 4 saturated carbocycles. The molecule has 13 unspecified atom stereocenters. The molecular formula is C51H68N2O9. The summed E-state index contributed by atoms with van der Waals surface area (Å²) in [5.41, 5.74) is -3.67. The van der Waals surface area contributed by atoms with E-state index in [0.717, 1.165) is 95.2 Å². The lowest BCUT2D eigenvalue weighted by molar-refractivity contribution is -0.285. The quantitative estimate of drug-likeness (QED) is 0.119. The van der Waals surface area contributed by atoms with Crippen LogP contribution in [-0.2, 0) is 46.2 Å². The summed E-state index contributed by atoms with van der Waals surface area (Å²) in [5.74, 6) is -0.841. The van der Waals surface area contributed by atoms with E-state index in [2.05, 4.69) is 47.9 Å². The lowest BCUT2D eigenvalue weighted by Gasteiger charge is -2.70. The average molecular weight is 853 g/mol. The van der Waals surface area contributed by atoms with Gasteiger partial charge >= 0.3 is 11.9 Å². The fraction of sp³-hybridized carbons (Fsp3) is 0.745. The Morgan fingerprint density at radius 1 is 0.871 bits per heavy atom. The van der Waals surface area contributed by atoms with E-state index in [1.807, 2.05) is 19.9 Å². The van der Waals surface area contributed by atoms with Crippen LogP contribution in [0.25, 0.3) is 0 Å². The number of hydrogen-bond acceptors (Lipinski definition) is 11. The first kappa shape index (κ1) is 41.6. The standard InChI is InChI=1S/C51H68N2O9/c1-46(2)39-38(54)40(55)50(33-17-13-16-32(27-33)26-31-14-7-6-8-15-31)37(49(39)29-59-45(57)48(44(49)62-46)22-11-12-23-48)20-24-47(3)41(60-43(56)42-51(47,50)61-42)35-21-25-58-36(35)19-10-5-4-9-18-34-28-52-30-53-34/h6-8,14-15,21,25,32-34,37,39-42,44,52-53,55H,4-5,9-13,16-20,22-24,26-30H2,1-3H3. The van der Waals surface area contributed by atoms with Crippen LogP contribution in [0.5, 0.6) is 0 Å². The van der Waals surface area contributed by atoms with E-state index < -0.39 is 69.2 Å². The Bertz CT molecular complexity index is 2060. The number of carbonyl (C=O) groups excluding carboxylic acids is 3. The Morgan fingerprint density at radius 2 is 1.68 bits per heavy atom. The summed E-state index contributed by atoms with van der Waals surface area (Å²) in [7, 11) is 0. The van der Waals surface area contributed by atoms with Crippen LogP contribution in [0.15, 0.2) is 47.1 Å². The predicted molar refractivity (Wildman–Crippen MR) is 228 cm³/mol. The molecule has 4 aliphatic carbocycles. The molecule has 9 aliphatic rings. The zero-order valence-corrected chi connectivity index (χ0v) is 37.1. The SMILES string of the molecule is CC1(C)OC2C3(CCCC3)C(=O)OCC23C1C(=O)C(O)C1(C2CCCC(Cc4ccccc4)C2)C3CCC2(C)C(c3ccoc3CCCCCCC3CNCN3)OC(=O)C3OC321. The lowest BCUT2D eigenvalue weighted by atomic mass is 9.32. The van der Waals surface area contributed by atoms with Crippen LogP contribution in [0.2, 0.25) is 0 Å². The Labute approximate surface area is 366 Å². The van der Waals surface area contributed by atoms with E-state index in [1.165, 1.54) is 18.4 Å². The van der Waals surface area contributed by atoms with Crippen molar-refractivity contribution in [2.45, 2.75) is 172 Å². The van der Waals surface area contributed by atoms with E-state index in [1.54, 1.807) is 6.26 Å². The molecule has 3 spiro atoms. The molecule has 11 nitrogen and oxygen atoms in total. The van der Waals surface area contributed by atoms with Gasteiger partial charge in [-0.2, -0.15) is 0 Å². The predicted octanol–water partition coefficient (Wildman–Crippen LogP) is 7.32. The van der Waals surface area contributed by atoms with E-state index >= 15 is 4.79 Å². The third kappa shape index (κ3) is 5.62. The van der Waals surface area contributed by atoms with Gasteiger partial charge in [-0.1, -0.05) is 82.2 Å². The van der Waals surface area contributed by atoms with Crippen molar-refractivity contribution in [2.75, 3.05) is 19.8 Å². The summed E-state index contributed by atoms with van der Waals surface area (Å²) in [4.78, 5) is 44.7. The largest absolute Gasteiger partial charge is 0.469 e. The van der Waals surface area contributed by atoms with Crippen LogP contribution in [0.3, 0.4) is 0 Å². The third-order valence-corrected chi connectivity index (χ3v) is 18.8. The molecular weight excluding hydrogens is 785 g/mol. The number of ketones is 1. The molecule has 336 valence electrons. The van der Waals surface area contributed by atoms with Gasteiger partial charge in [-0.25, -0.2) is 4.79 Å². The second kappa shape index (κ2) is 15.0. The van der Waals surface area contributed by atoms with Crippen LogP contribution >= 0.6 is 0 Å². The van der Waals surface area contributed by atoms with Gasteiger partial charge in [0.15, 0.2) is 11.9 Å². The molecule has 6 heterocycles. The minimum absolute atomic E-state index is 0.0721. The molecule has 13 atom stereocenters. The molecule has 11 rings (SSSR count). The summed E-state index contributed by atoms with van der Waals surface area (Å²) in [5, 5.41) is 20.4. The highest BCUT2D eigenvalue weighted by Gasteiger charge is 2.93. The van der Waals surface area contributed by atoms with Crippen molar-refractivity contribution >= 4 is 17.7 Å². The van der Waals surface area contributed by atoms with Crippen molar-refractivity contribution in [2.24, 2.45) is 45.3 Å². The van der Waals surface area contributed by atoms with Crippen molar-refractivity contribution in [3.63, 3.8) is 0 Å². The first-order chi connectivity index (χ1) is 29.9. The number of epoxide rings is 1. The lowest BCUT2D eigenvalue weighted by Crippen LogP contribution is -2.80. The fourth-order valence-electron chi connectivity index (χ4n) is 16.6. The Hall–Kier alpha value is -3.09. The minimum atomic E-state index is -1.41. The maximum atomic E-state index is 15.8. The summed E-state index contributed by atoms with van der Waals surface area (Å²) < 4.78 is 33.7. The van der Waals surface area contributed by atoms with Crippen molar-refractivity contribution < 1.29 is 42.9 Å². The highest BCUT2D eigenvalue weighted by Crippen LogP contribution is 2.83. The molecule has 1 aromatic heterocycles. The number of hydrogen-bond donors (Lipinski definition) is 3.